The minimum Gasteiger partial charge on any atom is -0.401 e. The number of ether oxygens (including phenoxy) is 2. The quantitative estimate of drug-likeness (QED) is 0.617. The number of nitrogens with two attached hydrogens (primary N) is 1. The van der Waals surface area contributed by atoms with Crippen LogP contribution < -0.4 is 5.73 Å². The lowest BCUT2D eigenvalue weighted by molar-refractivity contribution is -0.0294. The summed E-state index contributed by atoms with van der Waals surface area (Å²) in [4.78, 5) is 0. The number of hydrogen-bond acceptors (Lipinski definition) is 3. The molecule has 0 atom stereocenters. The average Bonchev–Trinajstić information content (AvgIpc) is 2.02. The third-order valence-corrected chi connectivity index (χ3v) is 1.70. The first kappa shape index (κ1) is 12.5. The lowest BCUT2D eigenvalue weighted by atomic mass is 10.1. The Bertz CT molecular complexity index is 155. The minimum atomic E-state index is -0.183. The van der Waals surface area contributed by atoms with Gasteiger partial charge in [-0.25, -0.2) is 0 Å². The highest BCUT2D eigenvalue weighted by Gasteiger charge is 2.17. The van der Waals surface area contributed by atoms with Gasteiger partial charge in [-0.15, -0.1) is 0 Å². The van der Waals surface area contributed by atoms with Gasteiger partial charge in [0.1, 0.15) is 0 Å². The fraction of sp³-hybridized carbons (Fsp3) is 0.800. The topological polar surface area (TPSA) is 44.5 Å². The SMILES string of the molecule is C=C(N)COC(C)(C)CCOCC. The fourth-order valence-electron chi connectivity index (χ4n) is 0.823. The number of rotatable bonds is 7. The van der Waals surface area contributed by atoms with Gasteiger partial charge in [-0.2, -0.15) is 0 Å². The van der Waals surface area contributed by atoms with E-state index in [2.05, 4.69) is 6.58 Å². The molecule has 0 spiro atoms. The maximum absolute atomic E-state index is 5.53. The maximum Gasteiger partial charge on any atom is 0.0861 e. The third kappa shape index (κ3) is 7.81. The van der Waals surface area contributed by atoms with Crippen molar-refractivity contribution < 1.29 is 9.47 Å². The maximum atomic E-state index is 5.53. The van der Waals surface area contributed by atoms with Gasteiger partial charge in [-0.1, -0.05) is 6.58 Å². The molecule has 0 unspecified atom stereocenters. The number of hydrogen-bond donors (Lipinski definition) is 1. The zero-order valence-corrected chi connectivity index (χ0v) is 8.93. The Balaban J connectivity index is 3.59. The van der Waals surface area contributed by atoms with Crippen LogP contribution in [0.4, 0.5) is 0 Å². The molecule has 0 aliphatic carbocycles. The van der Waals surface area contributed by atoms with E-state index in [0.29, 0.717) is 12.3 Å². The Hall–Kier alpha value is -0.540. The molecule has 0 fully saturated rings. The summed E-state index contributed by atoms with van der Waals surface area (Å²) in [5, 5.41) is 0. The summed E-state index contributed by atoms with van der Waals surface area (Å²) in [7, 11) is 0. The molecule has 0 amide bonds. The highest BCUT2D eigenvalue weighted by Crippen LogP contribution is 2.14. The average molecular weight is 187 g/mol. The molecule has 0 heterocycles. The predicted molar refractivity (Wildman–Crippen MR) is 54.5 cm³/mol. The van der Waals surface area contributed by atoms with Crippen LogP contribution in [0.25, 0.3) is 0 Å². The molecule has 0 aliphatic rings. The largest absolute Gasteiger partial charge is 0.401 e. The molecule has 0 aliphatic heterocycles. The molecule has 2 N–H and O–H groups in total. The smallest absolute Gasteiger partial charge is 0.0861 e. The summed E-state index contributed by atoms with van der Waals surface area (Å²) in [5.41, 5.74) is 5.78. The Morgan fingerprint density at radius 2 is 2.08 bits per heavy atom. The zero-order valence-electron chi connectivity index (χ0n) is 8.93. The Labute approximate surface area is 80.9 Å². The monoisotopic (exact) mass is 187 g/mol. The first-order valence-electron chi connectivity index (χ1n) is 4.63. The van der Waals surface area contributed by atoms with E-state index in [0.717, 1.165) is 19.6 Å². The standard InChI is InChI=1S/C10H21NO2/c1-5-12-7-6-10(3,4)13-8-9(2)11/h2,5-8,11H2,1,3-4H3. The molecule has 0 aromatic rings. The Kier molecular flexibility index (Phi) is 5.75. The molecule has 0 aromatic heterocycles. The molecule has 0 saturated heterocycles. The van der Waals surface area contributed by atoms with Crippen LogP contribution in [0.15, 0.2) is 12.3 Å². The molecule has 13 heavy (non-hydrogen) atoms. The van der Waals surface area contributed by atoms with Gasteiger partial charge < -0.3 is 15.2 Å². The zero-order chi connectivity index (χ0) is 10.3. The van der Waals surface area contributed by atoms with Crippen molar-refractivity contribution >= 4 is 0 Å². The lowest BCUT2D eigenvalue weighted by Crippen LogP contribution is -2.28. The third-order valence-electron chi connectivity index (χ3n) is 1.70. The van der Waals surface area contributed by atoms with E-state index < -0.39 is 0 Å². The molecule has 3 nitrogen and oxygen atoms in total. The second kappa shape index (κ2) is 6.00. The van der Waals surface area contributed by atoms with Gasteiger partial charge in [0.05, 0.1) is 12.2 Å². The van der Waals surface area contributed by atoms with Crippen LogP contribution in [-0.2, 0) is 9.47 Å². The Morgan fingerprint density at radius 1 is 1.46 bits per heavy atom. The lowest BCUT2D eigenvalue weighted by Gasteiger charge is -2.25. The molecule has 0 bridgehead atoms. The molecule has 0 aromatic carbocycles. The van der Waals surface area contributed by atoms with Gasteiger partial charge >= 0.3 is 0 Å². The van der Waals surface area contributed by atoms with Crippen LogP contribution in [0.3, 0.4) is 0 Å². The molecule has 0 radical (unpaired) electrons. The van der Waals surface area contributed by atoms with Crippen molar-refractivity contribution in [1.29, 1.82) is 0 Å². The normalized spacial score (nSPS) is 11.6. The van der Waals surface area contributed by atoms with Crippen LogP contribution >= 0.6 is 0 Å². The fourth-order valence-corrected chi connectivity index (χ4v) is 0.823. The van der Waals surface area contributed by atoms with Crippen LogP contribution in [-0.4, -0.2) is 25.4 Å². The highest BCUT2D eigenvalue weighted by atomic mass is 16.5. The summed E-state index contributed by atoms with van der Waals surface area (Å²) in [6, 6.07) is 0. The van der Waals surface area contributed by atoms with Crippen molar-refractivity contribution in [3.63, 3.8) is 0 Å². The molecular weight excluding hydrogens is 166 g/mol. The summed E-state index contributed by atoms with van der Waals surface area (Å²) in [6.45, 7) is 11.5. The second-order valence-corrected chi connectivity index (χ2v) is 3.65. The van der Waals surface area contributed by atoms with E-state index in [1.54, 1.807) is 0 Å². The van der Waals surface area contributed by atoms with Gasteiger partial charge in [0.15, 0.2) is 0 Å². The molecule has 3 heteroatoms. The summed E-state index contributed by atoms with van der Waals surface area (Å²) < 4.78 is 10.8. The summed E-state index contributed by atoms with van der Waals surface area (Å²) in [6.07, 6.45) is 0.869. The predicted octanol–water partition coefficient (Wildman–Crippen LogP) is 1.68. The van der Waals surface area contributed by atoms with Gasteiger partial charge in [-0.3, -0.25) is 0 Å². The van der Waals surface area contributed by atoms with E-state index in [-0.39, 0.29) is 5.60 Å². The summed E-state index contributed by atoms with van der Waals surface area (Å²) >= 11 is 0. The molecule has 0 saturated carbocycles. The Morgan fingerprint density at radius 3 is 2.54 bits per heavy atom. The van der Waals surface area contributed by atoms with E-state index in [1.807, 2.05) is 20.8 Å². The van der Waals surface area contributed by atoms with Crippen LogP contribution in [0.5, 0.6) is 0 Å². The van der Waals surface area contributed by atoms with Crippen molar-refractivity contribution in [1.82, 2.24) is 0 Å². The van der Waals surface area contributed by atoms with E-state index in [9.17, 15) is 0 Å². The van der Waals surface area contributed by atoms with Gasteiger partial charge in [0.2, 0.25) is 0 Å². The van der Waals surface area contributed by atoms with Gasteiger partial charge in [0.25, 0.3) is 0 Å². The molecule has 78 valence electrons. The van der Waals surface area contributed by atoms with Crippen molar-refractivity contribution in [3.05, 3.63) is 12.3 Å². The minimum absolute atomic E-state index is 0.183. The van der Waals surface area contributed by atoms with Crippen LogP contribution in [0, 0.1) is 0 Å². The van der Waals surface area contributed by atoms with Crippen molar-refractivity contribution in [2.75, 3.05) is 19.8 Å². The second-order valence-electron chi connectivity index (χ2n) is 3.65. The van der Waals surface area contributed by atoms with Crippen molar-refractivity contribution in [2.24, 2.45) is 5.73 Å². The van der Waals surface area contributed by atoms with Gasteiger partial charge in [-0.05, 0) is 27.2 Å². The van der Waals surface area contributed by atoms with E-state index in [1.165, 1.54) is 0 Å². The van der Waals surface area contributed by atoms with Crippen LogP contribution in [0.2, 0.25) is 0 Å². The highest BCUT2D eigenvalue weighted by molar-refractivity contribution is 4.86. The van der Waals surface area contributed by atoms with E-state index in [4.69, 9.17) is 15.2 Å². The summed E-state index contributed by atoms with van der Waals surface area (Å²) in [5.74, 6) is 0. The van der Waals surface area contributed by atoms with Crippen molar-refractivity contribution in [3.8, 4) is 0 Å². The first-order valence-corrected chi connectivity index (χ1v) is 4.63. The van der Waals surface area contributed by atoms with E-state index >= 15 is 0 Å². The molecule has 0 rings (SSSR count). The van der Waals surface area contributed by atoms with Crippen LogP contribution in [0.1, 0.15) is 27.2 Å². The van der Waals surface area contributed by atoms with Gasteiger partial charge in [0, 0.05) is 18.9 Å². The van der Waals surface area contributed by atoms with Crippen molar-refractivity contribution in [2.45, 2.75) is 32.8 Å². The first-order chi connectivity index (χ1) is 5.98. The molecular formula is C10H21NO2.